The second-order valence-electron chi connectivity index (χ2n) is 2.62. The van der Waals surface area contributed by atoms with E-state index in [0.29, 0.717) is 13.2 Å². The minimum absolute atomic E-state index is 0.0473. The molecular formula is C10H12F2O2. The van der Waals surface area contributed by atoms with Crippen LogP contribution in [0.25, 0.3) is 0 Å². The minimum Gasteiger partial charge on any atom is -0.488 e. The quantitative estimate of drug-likeness (QED) is 0.682. The molecule has 0 aliphatic carbocycles. The average molecular weight is 202 g/mol. The topological polar surface area (TPSA) is 18.5 Å². The lowest BCUT2D eigenvalue weighted by atomic mass is 10.3. The van der Waals surface area contributed by atoms with Crippen LogP contribution in [0.15, 0.2) is 18.2 Å². The lowest BCUT2D eigenvalue weighted by Crippen LogP contribution is -2.07. The summed E-state index contributed by atoms with van der Waals surface area (Å²) in [5.41, 5.74) is 0. The number of benzene rings is 1. The standard InChI is InChI=1S/C10H12F2O2/c1-2-13-5-6-14-10-4-3-8(11)7-9(10)12/h3-4,7H,2,5-6H2,1H3. The Hall–Kier alpha value is -1.16. The summed E-state index contributed by atoms with van der Waals surface area (Å²) in [6.45, 7) is 3.11. The summed E-state index contributed by atoms with van der Waals surface area (Å²) >= 11 is 0. The molecule has 0 N–H and O–H groups in total. The molecule has 1 aromatic rings. The van der Waals surface area contributed by atoms with Crippen molar-refractivity contribution in [2.75, 3.05) is 19.8 Å². The van der Waals surface area contributed by atoms with Crippen molar-refractivity contribution < 1.29 is 18.3 Å². The molecule has 0 saturated carbocycles. The Labute approximate surface area is 81.4 Å². The van der Waals surface area contributed by atoms with Crippen LogP contribution >= 0.6 is 0 Å². The van der Waals surface area contributed by atoms with Crippen molar-refractivity contribution in [1.29, 1.82) is 0 Å². The van der Waals surface area contributed by atoms with Crippen LogP contribution in [-0.2, 0) is 4.74 Å². The predicted molar refractivity (Wildman–Crippen MR) is 48.3 cm³/mol. The zero-order valence-electron chi connectivity index (χ0n) is 7.93. The Morgan fingerprint density at radius 2 is 2.00 bits per heavy atom. The van der Waals surface area contributed by atoms with Gasteiger partial charge in [0.15, 0.2) is 11.6 Å². The molecule has 2 nitrogen and oxygen atoms in total. The van der Waals surface area contributed by atoms with Gasteiger partial charge in [0.05, 0.1) is 6.61 Å². The molecule has 1 aromatic carbocycles. The predicted octanol–water partition coefficient (Wildman–Crippen LogP) is 2.38. The summed E-state index contributed by atoms with van der Waals surface area (Å²) in [5.74, 6) is -1.26. The first-order chi connectivity index (χ1) is 6.74. The Morgan fingerprint density at radius 1 is 1.21 bits per heavy atom. The monoisotopic (exact) mass is 202 g/mol. The molecule has 0 atom stereocenters. The normalized spacial score (nSPS) is 10.2. The fraction of sp³-hybridized carbons (Fsp3) is 0.400. The SMILES string of the molecule is CCOCCOc1ccc(F)cc1F. The van der Waals surface area contributed by atoms with Crippen LogP contribution in [0, 0.1) is 11.6 Å². The van der Waals surface area contributed by atoms with Crippen LogP contribution in [0.5, 0.6) is 5.75 Å². The van der Waals surface area contributed by atoms with Gasteiger partial charge in [-0.2, -0.15) is 0 Å². The first-order valence-corrected chi connectivity index (χ1v) is 4.39. The van der Waals surface area contributed by atoms with Gasteiger partial charge >= 0.3 is 0 Å². The molecule has 0 saturated heterocycles. The third-order valence-electron chi connectivity index (χ3n) is 1.58. The van der Waals surface area contributed by atoms with Crippen molar-refractivity contribution in [3.63, 3.8) is 0 Å². The van der Waals surface area contributed by atoms with Gasteiger partial charge in [-0.05, 0) is 19.1 Å². The fourth-order valence-corrected chi connectivity index (χ4v) is 0.947. The molecule has 0 unspecified atom stereocenters. The van der Waals surface area contributed by atoms with E-state index in [9.17, 15) is 8.78 Å². The molecule has 0 radical (unpaired) electrons. The third-order valence-corrected chi connectivity index (χ3v) is 1.58. The first kappa shape index (κ1) is 10.9. The molecule has 1 rings (SSSR count). The van der Waals surface area contributed by atoms with Crippen molar-refractivity contribution >= 4 is 0 Å². The van der Waals surface area contributed by atoms with E-state index in [4.69, 9.17) is 9.47 Å². The largest absolute Gasteiger partial charge is 0.488 e. The molecule has 0 aromatic heterocycles. The fourth-order valence-electron chi connectivity index (χ4n) is 0.947. The van der Waals surface area contributed by atoms with Gasteiger partial charge < -0.3 is 9.47 Å². The lowest BCUT2D eigenvalue weighted by molar-refractivity contribution is 0.108. The second-order valence-corrected chi connectivity index (χ2v) is 2.62. The van der Waals surface area contributed by atoms with Crippen LogP contribution in [-0.4, -0.2) is 19.8 Å². The van der Waals surface area contributed by atoms with Gasteiger partial charge in [0, 0.05) is 12.7 Å². The second kappa shape index (κ2) is 5.54. The summed E-state index contributed by atoms with van der Waals surface area (Å²) in [6.07, 6.45) is 0. The maximum absolute atomic E-state index is 13.0. The highest BCUT2D eigenvalue weighted by Gasteiger charge is 2.03. The van der Waals surface area contributed by atoms with Crippen LogP contribution in [0.4, 0.5) is 8.78 Å². The third kappa shape index (κ3) is 3.30. The molecular weight excluding hydrogens is 190 g/mol. The number of hydrogen-bond acceptors (Lipinski definition) is 2. The molecule has 0 fully saturated rings. The number of hydrogen-bond donors (Lipinski definition) is 0. The van der Waals surface area contributed by atoms with E-state index in [1.807, 2.05) is 6.92 Å². The minimum atomic E-state index is -0.693. The Kier molecular flexibility index (Phi) is 4.32. The molecule has 0 spiro atoms. The molecule has 4 heteroatoms. The maximum Gasteiger partial charge on any atom is 0.167 e. The van der Waals surface area contributed by atoms with Crippen molar-refractivity contribution in [3.05, 3.63) is 29.8 Å². The van der Waals surface area contributed by atoms with Crippen molar-refractivity contribution in [2.45, 2.75) is 6.92 Å². The van der Waals surface area contributed by atoms with E-state index in [1.54, 1.807) is 0 Å². The molecule has 0 aliphatic heterocycles. The summed E-state index contributed by atoms with van der Waals surface area (Å²) in [7, 11) is 0. The van der Waals surface area contributed by atoms with Gasteiger partial charge in [0.2, 0.25) is 0 Å². The Bertz CT molecular complexity index is 289. The van der Waals surface area contributed by atoms with Crippen molar-refractivity contribution in [2.24, 2.45) is 0 Å². The molecule has 78 valence electrons. The van der Waals surface area contributed by atoms with Crippen LogP contribution in [0.3, 0.4) is 0 Å². The summed E-state index contributed by atoms with van der Waals surface area (Å²) in [6, 6.07) is 3.20. The van der Waals surface area contributed by atoms with Crippen LogP contribution in [0.1, 0.15) is 6.92 Å². The van der Waals surface area contributed by atoms with Crippen LogP contribution < -0.4 is 4.74 Å². The zero-order valence-corrected chi connectivity index (χ0v) is 7.93. The number of rotatable bonds is 5. The van der Waals surface area contributed by atoms with E-state index in [-0.39, 0.29) is 12.4 Å². The summed E-state index contributed by atoms with van der Waals surface area (Å²) in [5, 5.41) is 0. The number of halogens is 2. The first-order valence-electron chi connectivity index (χ1n) is 4.39. The molecule has 0 aliphatic rings. The van der Waals surface area contributed by atoms with E-state index < -0.39 is 11.6 Å². The van der Waals surface area contributed by atoms with E-state index in [2.05, 4.69) is 0 Å². The van der Waals surface area contributed by atoms with Crippen LogP contribution in [0.2, 0.25) is 0 Å². The lowest BCUT2D eigenvalue weighted by Gasteiger charge is -2.06. The van der Waals surface area contributed by atoms with Gasteiger partial charge in [-0.15, -0.1) is 0 Å². The van der Waals surface area contributed by atoms with Crippen molar-refractivity contribution in [3.8, 4) is 5.75 Å². The molecule has 0 heterocycles. The van der Waals surface area contributed by atoms with E-state index >= 15 is 0 Å². The Balaban J connectivity index is 2.42. The van der Waals surface area contributed by atoms with E-state index in [1.165, 1.54) is 6.07 Å². The number of ether oxygens (including phenoxy) is 2. The maximum atomic E-state index is 13.0. The Morgan fingerprint density at radius 3 is 2.64 bits per heavy atom. The van der Waals surface area contributed by atoms with E-state index in [0.717, 1.165) is 12.1 Å². The highest BCUT2D eigenvalue weighted by Crippen LogP contribution is 2.17. The highest BCUT2D eigenvalue weighted by atomic mass is 19.1. The zero-order chi connectivity index (χ0) is 10.4. The van der Waals surface area contributed by atoms with Crippen molar-refractivity contribution in [1.82, 2.24) is 0 Å². The molecule has 14 heavy (non-hydrogen) atoms. The molecule has 0 amide bonds. The smallest absolute Gasteiger partial charge is 0.167 e. The van der Waals surface area contributed by atoms with Gasteiger partial charge in [-0.25, -0.2) is 8.78 Å². The highest BCUT2D eigenvalue weighted by molar-refractivity contribution is 5.24. The summed E-state index contributed by atoms with van der Waals surface area (Å²) < 4.78 is 35.4. The summed E-state index contributed by atoms with van der Waals surface area (Å²) in [4.78, 5) is 0. The van der Waals surface area contributed by atoms with Gasteiger partial charge in [-0.3, -0.25) is 0 Å². The van der Waals surface area contributed by atoms with Gasteiger partial charge in [0.1, 0.15) is 12.4 Å². The van der Waals surface area contributed by atoms with Gasteiger partial charge in [-0.1, -0.05) is 0 Å². The molecule has 0 bridgehead atoms. The average Bonchev–Trinajstić information content (AvgIpc) is 2.15. The van der Waals surface area contributed by atoms with Gasteiger partial charge in [0.25, 0.3) is 0 Å².